The molecule has 2 fully saturated rings. The van der Waals surface area contributed by atoms with E-state index in [1.54, 1.807) is 19.2 Å². The molecule has 3 heterocycles. The Morgan fingerprint density at radius 2 is 1.90 bits per heavy atom. The molecule has 2 N–H and O–H groups in total. The van der Waals surface area contributed by atoms with Crippen molar-refractivity contribution >= 4 is 48.8 Å². The molecule has 0 amide bonds. The standard InChI is InChI=1S/C28H26F2N6O3S2/c1-35(28-33-26(25(13-31)40-28)17-4-6-18(29)7-5-17)24-12-23(16-2-3-16)32-27-21(24)10-20(11-22(27)30)36-14-19(15-36)34-41(38,39)9-8-37/h4-7,10-12,16,19,34,37H,2-3,8-9,14-15H2,1H3. The van der Waals surface area contributed by atoms with Crippen molar-refractivity contribution in [1.29, 1.82) is 5.26 Å². The zero-order valence-corrected chi connectivity index (χ0v) is 23.6. The maximum absolute atomic E-state index is 15.6. The summed E-state index contributed by atoms with van der Waals surface area (Å²) in [5.41, 5.74) is 3.37. The van der Waals surface area contributed by atoms with Crippen LogP contribution in [0, 0.1) is 23.0 Å². The van der Waals surface area contributed by atoms with Crippen LogP contribution in [0.15, 0.2) is 42.5 Å². The number of nitriles is 1. The Morgan fingerprint density at radius 3 is 2.56 bits per heavy atom. The number of aliphatic hydroxyl groups is 1. The molecule has 1 aliphatic heterocycles. The van der Waals surface area contributed by atoms with Crippen LogP contribution in [0.4, 0.5) is 25.3 Å². The van der Waals surface area contributed by atoms with Gasteiger partial charge >= 0.3 is 0 Å². The van der Waals surface area contributed by atoms with E-state index in [1.807, 2.05) is 21.9 Å². The number of nitrogens with one attached hydrogen (secondary N) is 1. The number of benzene rings is 2. The fraction of sp³-hybridized carbons (Fsp3) is 0.321. The summed E-state index contributed by atoms with van der Waals surface area (Å²) in [7, 11) is -1.78. The summed E-state index contributed by atoms with van der Waals surface area (Å²) in [4.78, 5) is 13.4. The topological polar surface area (TPSA) is 122 Å². The summed E-state index contributed by atoms with van der Waals surface area (Å²) in [5, 5.41) is 19.8. The van der Waals surface area contributed by atoms with E-state index in [2.05, 4.69) is 15.8 Å². The highest BCUT2D eigenvalue weighted by atomic mass is 32.2. The molecule has 1 saturated carbocycles. The molecule has 4 aromatic rings. The fourth-order valence-electron chi connectivity index (χ4n) is 4.95. The second-order valence-electron chi connectivity index (χ2n) is 10.3. The minimum atomic E-state index is -3.59. The number of pyridine rings is 1. The van der Waals surface area contributed by atoms with E-state index in [-0.39, 0.29) is 29.0 Å². The van der Waals surface area contributed by atoms with E-state index in [9.17, 15) is 18.1 Å². The highest BCUT2D eigenvalue weighted by molar-refractivity contribution is 7.89. The molecule has 212 valence electrons. The molecule has 0 radical (unpaired) electrons. The summed E-state index contributed by atoms with van der Waals surface area (Å²) in [6.45, 7) is 0.245. The fourth-order valence-corrected chi connectivity index (χ4v) is 6.83. The van der Waals surface area contributed by atoms with Gasteiger partial charge in [-0.2, -0.15) is 5.26 Å². The van der Waals surface area contributed by atoms with Gasteiger partial charge in [0.15, 0.2) is 10.9 Å². The Kier molecular flexibility index (Phi) is 7.11. The SMILES string of the molecule is CN(c1nc(-c2ccc(F)cc2)c(C#N)s1)c1cc(C2CC2)nc2c(F)cc(N3CC(NS(=O)(=O)CCO)C3)cc12. The summed E-state index contributed by atoms with van der Waals surface area (Å²) in [5.74, 6) is -0.978. The average molecular weight is 597 g/mol. The monoisotopic (exact) mass is 596 g/mol. The van der Waals surface area contributed by atoms with Crippen molar-refractivity contribution in [1.82, 2.24) is 14.7 Å². The summed E-state index contributed by atoms with van der Waals surface area (Å²) < 4.78 is 55.6. The van der Waals surface area contributed by atoms with Gasteiger partial charge in [-0.15, -0.1) is 0 Å². The Morgan fingerprint density at radius 1 is 1.17 bits per heavy atom. The van der Waals surface area contributed by atoms with Crippen LogP contribution in [0.2, 0.25) is 0 Å². The van der Waals surface area contributed by atoms with Crippen molar-refractivity contribution in [2.45, 2.75) is 24.8 Å². The molecular formula is C28H26F2N6O3S2. The van der Waals surface area contributed by atoms with Crippen molar-refractivity contribution in [3.63, 3.8) is 0 Å². The van der Waals surface area contributed by atoms with E-state index < -0.39 is 22.4 Å². The molecule has 6 rings (SSSR count). The number of nitrogens with zero attached hydrogens (tertiary/aromatic N) is 5. The van der Waals surface area contributed by atoms with Crippen LogP contribution in [-0.4, -0.2) is 62.0 Å². The van der Waals surface area contributed by atoms with Gasteiger partial charge in [0.1, 0.15) is 28.0 Å². The quantitative estimate of drug-likeness (QED) is 0.294. The summed E-state index contributed by atoms with van der Waals surface area (Å²) >= 11 is 1.19. The molecule has 0 unspecified atom stereocenters. The average Bonchev–Trinajstić information content (AvgIpc) is 3.68. The number of hydrogen-bond acceptors (Lipinski definition) is 9. The lowest BCUT2D eigenvalue weighted by molar-refractivity contribution is 0.318. The minimum Gasteiger partial charge on any atom is -0.395 e. The van der Waals surface area contributed by atoms with Crippen molar-refractivity contribution in [3.05, 3.63) is 64.7 Å². The predicted molar refractivity (Wildman–Crippen MR) is 154 cm³/mol. The number of halogens is 2. The van der Waals surface area contributed by atoms with Crippen LogP contribution >= 0.6 is 11.3 Å². The molecule has 1 saturated heterocycles. The van der Waals surface area contributed by atoms with Gasteiger partial charge in [-0.05, 0) is 55.3 Å². The van der Waals surface area contributed by atoms with E-state index in [4.69, 9.17) is 10.1 Å². The lowest BCUT2D eigenvalue weighted by Crippen LogP contribution is -2.59. The first-order valence-corrected chi connectivity index (χ1v) is 15.5. The first-order chi connectivity index (χ1) is 19.7. The van der Waals surface area contributed by atoms with Crippen molar-refractivity contribution in [2.75, 3.05) is 42.3 Å². The number of hydrogen-bond donors (Lipinski definition) is 2. The third-order valence-corrected chi connectivity index (χ3v) is 9.73. The maximum Gasteiger partial charge on any atom is 0.214 e. The summed E-state index contributed by atoms with van der Waals surface area (Å²) in [6, 6.07) is 12.8. The van der Waals surface area contributed by atoms with E-state index in [0.29, 0.717) is 51.1 Å². The van der Waals surface area contributed by atoms with Gasteiger partial charge in [0.05, 0.1) is 24.1 Å². The van der Waals surface area contributed by atoms with Crippen LogP contribution < -0.4 is 14.5 Å². The van der Waals surface area contributed by atoms with Crippen molar-refractivity contribution < 1.29 is 22.3 Å². The van der Waals surface area contributed by atoms with E-state index >= 15 is 4.39 Å². The highest BCUT2D eigenvalue weighted by Crippen LogP contribution is 2.44. The van der Waals surface area contributed by atoms with Crippen LogP contribution in [0.1, 0.15) is 29.3 Å². The Bertz CT molecular complexity index is 1780. The number of sulfonamides is 1. The number of rotatable bonds is 9. The lowest BCUT2D eigenvalue weighted by atomic mass is 10.0. The predicted octanol–water partition coefficient (Wildman–Crippen LogP) is 4.25. The molecule has 13 heteroatoms. The second kappa shape index (κ2) is 10.6. The van der Waals surface area contributed by atoms with Crippen LogP contribution in [0.3, 0.4) is 0 Å². The van der Waals surface area contributed by atoms with Gasteiger partial charge in [0.2, 0.25) is 10.0 Å². The third-order valence-electron chi connectivity index (χ3n) is 7.28. The number of anilines is 3. The zero-order valence-electron chi connectivity index (χ0n) is 22.0. The Hall–Kier alpha value is -3.70. The van der Waals surface area contributed by atoms with Gasteiger partial charge < -0.3 is 14.9 Å². The molecule has 41 heavy (non-hydrogen) atoms. The molecule has 1 aliphatic carbocycles. The van der Waals surface area contributed by atoms with Crippen LogP contribution in [-0.2, 0) is 10.0 Å². The number of aromatic nitrogens is 2. The zero-order chi connectivity index (χ0) is 28.9. The smallest absolute Gasteiger partial charge is 0.214 e. The molecule has 2 aromatic carbocycles. The van der Waals surface area contributed by atoms with Gasteiger partial charge in [-0.25, -0.2) is 31.9 Å². The molecule has 0 spiro atoms. The van der Waals surface area contributed by atoms with E-state index in [1.165, 1.54) is 29.5 Å². The molecular weight excluding hydrogens is 570 g/mol. The van der Waals surface area contributed by atoms with Crippen molar-refractivity contribution in [3.8, 4) is 17.3 Å². The molecule has 2 aliphatic rings. The van der Waals surface area contributed by atoms with Crippen LogP contribution in [0.5, 0.6) is 0 Å². The van der Waals surface area contributed by atoms with E-state index in [0.717, 1.165) is 18.5 Å². The lowest BCUT2D eigenvalue weighted by Gasteiger charge is -2.41. The molecule has 9 nitrogen and oxygen atoms in total. The number of fused-ring (bicyclic) bond motifs is 1. The van der Waals surface area contributed by atoms with Gasteiger partial charge in [0, 0.05) is 48.4 Å². The summed E-state index contributed by atoms with van der Waals surface area (Å²) in [6.07, 6.45) is 1.96. The largest absolute Gasteiger partial charge is 0.395 e. The maximum atomic E-state index is 15.6. The second-order valence-corrected chi connectivity index (χ2v) is 13.1. The number of aliphatic hydroxyl groups excluding tert-OH is 1. The van der Waals surface area contributed by atoms with Gasteiger partial charge in [-0.1, -0.05) is 11.3 Å². The van der Waals surface area contributed by atoms with Crippen molar-refractivity contribution in [2.24, 2.45) is 0 Å². The highest BCUT2D eigenvalue weighted by Gasteiger charge is 2.32. The molecule has 2 aromatic heterocycles. The van der Waals surface area contributed by atoms with Gasteiger partial charge in [-0.3, -0.25) is 0 Å². The van der Waals surface area contributed by atoms with Crippen LogP contribution in [0.25, 0.3) is 22.2 Å². The Balaban J connectivity index is 1.37. The third kappa shape index (κ3) is 5.48. The Labute approximate surface area is 239 Å². The van der Waals surface area contributed by atoms with Gasteiger partial charge in [0.25, 0.3) is 0 Å². The molecule has 0 atom stereocenters. The minimum absolute atomic E-state index is 0.233. The molecule has 0 bridgehead atoms. The number of thiazole rings is 1. The normalized spacial score (nSPS) is 15.6. The first kappa shape index (κ1) is 27.5. The first-order valence-electron chi connectivity index (χ1n) is 13.1.